The second kappa shape index (κ2) is 3.96. The summed E-state index contributed by atoms with van der Waals surface area (Å²) >= 11 is 0. The Kier molecular flexibility index (Phi) is 2.64. The first-order valence-electron chi connectivity index (χ1n) is 5.24. The molecule has 2 aromatic rings. The summed E-state index contributed by atoms with van der Waals surface area (Å²) in [6.45, 7) is 3.72. The standard InChI is InChI=1S/C12H14N2O2/c1-8-4-3-5-14-11(8)10(7-13-14)6-9(2)12(15)16/h3-5,7,9H,6H2,1-2H3,(H,15,16). The summed E-state index contributed by atoms with van der Waals surface area (Å²) in [6.07, 6.45) is 4.14. The molecule has 0 amide bonds. The van der Waals surface area contributed by atoms with Crippen LogP contribution in [0.1, 0.15) is 18.1 Å². The second-order valence-corrected chi connectivity index (χ2v) is 4.10. The van der Waals surface area contributed by atoms with Crippen LogP contribution in [0.2, 0.25) is 0 Å². The number of carboxylic acids is 1. The van der Waals surface area contributed by atoms with Gasteiger partial charge in [-0.1, -0.05) is 13.0 Å². The quantitative estimate of drug-likeness (QED) is 0.856. The number of hydrogen-bond donors (Lipinski definition) is 1. The SMILES string of the molecule is Cc1cccn2ncc(CC(C)C(=O)O)c12. The van der Waals surface area contributed by atoms with Gasteiger partial charge in [0.15, 0.2) is 0 Å². The Balaban J connectivity index is 2.42. The average Bonchev–Trinajstić information content (AvgIpc) is 2.63. The van der Waals surface area contributed by atoms with Crippen molar-refractivity contribution >= 4 is 11.5 Å². The third-order valence-corrected chi connectivity index (χ3v) is 2.77. The summed E-state index contributed by atoms with van der Waals surface area (Å²) in [4.78, 5) is 10.8. The highest BCUT2D eigenvalue weighted by Gasteiger charge is 2.15. The lowest BCUT2D eigenvalue weighted by Crippen LogP contribution is -2.12. The molecule has 84 valence electrons. The lowest BCUT2D eigenvalue weighted by atomic mass is 10.0. The second-order valence-electron chi connectivity index (χ2n) is 4.10. The van der Waals surface area contributed by atoms with Crippen molar-refractivity contribution in [2.75, 3.05) is 0 Å². The maximum Gasteiger partial charge on any atom is 0.306 e. The summed E-state index contributed by atoms with van der Waals surface area (Å²) in [7, 11) is 0. The van der Waals surface area contributed by atoms with E-state index in [1.807, 2.05) is 25.3 Å². The molecule has 0 aromatic carbocycles. The molecule has 4 heteroatoms. The average molecular weight is 218 g/mol. The number of aliphatic carboxylic acids is 1. The van der Waals surface area contributed by atoms with E-state index >= 15 is 0 Å². The molecule has 0 saturated heterocycles. The molecule has 1 unspecified atom stereocenters. The van der Waals surface area contributed by atoms with Gasteiger partial charge in [0, 0.05) is 6.20 Å². The zero-order valence-electron chi connectivity index (χ0n) is 9.34. The Morgan fingerprint density at radius 1 is 1.62 bits per heavy atom. The number of aromatic nitrogens is 2. The molecule has 1 N–H and O–H groups in total. The highest BCUT2D eigenvalue weighted by atomic mass is 16.4. The van der Waals surface area contributed by atoms with Gasteiger partial charge in [0.25, 0.3) is 0 Å². The maximum absolute atomic E-state index is 10.8. The predicted octanol–water partition coefficient (Wildman–Crippen LogP) is 1.91. The van der Waals surface area contributed by atoms with E-state index in [-0.39, 0.29) is 5.92 Å². The Morgan fingerprint density at radius 3 is 3.06 bits per heavy atom. The Bertz CT molecular complexity index is 531. The van der Waals surface area contributed by atoms with Crippen LogP contribution in [0.15, 0.2) is 24.5 Å². The van der Waals surface area contributed by atoms with Crippen molar-refractivity contribution in [3.8, 4) is 0 Å². The van der Waals surface area contributed by atoms with Gasteiger partial charge in [-0.2, -0.15) is 5.10 Å². The van der Waals surface area contributed by atoms with Crippen LogP contribution >= 0.6 is 0 Å². The van der Waals surface area contributed by atoms with Crippen LogP contribution in [0.5, 0.6) is 0 Å². The molecule has 0 radical (unpaired) electrons. The van der Waals surface area contributed by atoms with Gasteiger partial charge in [-0.05, 0) is 30.5 Å². The molecule has 2 aromatic heterocycles. The first-order valence-corrected chi connectivity index (χ1v) is 5.24. The van der Waals surface area contributed by atoms with E-state index in [0.717, 1.165) is 16.6 Å². The van der Waals surface area contributed by atoms with Gasteiger partial charge in [0.1, 0.15) is 0 Å². The molecule has 1 atom stereocenters. The number of pyridine rings is 1. The first kappa shape index (κ1) is 10.7. The summed E-state index contributed by atoms with van der Waals surface area (Å²) in [5, 5.41) is 13.1. The number of aryl methyl sites for hydroxylation is 1. The number of fused-ring (bicyclic) bond motifs is 1. The third-order valence-electron chi connectivity index (χ3n) is 2.77. The molecule has 0 bridgehead atoms. The van der Waals surface area contributed by atoms with E-state index in [2.05, 4.69) is 5.10 Å². The molecular formula is C12H14N2O2. The van der Waals surface area contributed by atoms with Gasteiger partial charge in [-0.3, -0.25) is 4.79 Å². The molecule has 0 aliphatic heterocycles. The number of hydrogen-bond acceptors (Lipinski definition) is 2. The van der Waals surface area contributed by atoms with Gasteiger partial charge in [-0.15, -0.1) is 0 Å². The van der Waals surface area contributed by atoms with Crippen molar-refractivity contribution in [2.24, 2.45) is 5.92 Å². The minimum absolute atomic E-state index is 0.382. The van der Waals surface area contributed by atoms with Crippen LogP contribution in [0.25, 0.3) is 5.52 Å². The van der Waals surface area contributed by atoms with E-state index in [1.54, 1.807) is 17.6 Å². The van der Waals surface area contributed by atoms with E-state index < -0.39 is 5.97 Å². The van der Waals surface area contributed by atoms with Crippen LogP contribution in [-0.2, 0) is 11.2 Å². The summed E-state index contributed by atoms with van der Waals surface area (Å²) in [6, 6.07) is 3.94. The number of nitrogens with zero attached hydrogens (tertiary/aromatic N) is 2. The van der Waals surface area contributed by atoms with Crippen molar-refractivity contribution in [3.05, 3.63) is 35.7 Å². The molecular weight excluding hydrogens is 204 g/mol. The fraction of sp³-hybridized carbons (Fsp3) is 0.333. The summed E-state index contributed by atoms with van der Waals surface area (Å²) in [5.74, 6) is -1.15. The zero-order valence-corrected chi connectivity index (χ0v) is 9.34. The predicted molar refractivity (Wildman–Crippen MR) is 60.4 cm³/mol. The maximum atomic E-state index is 10.8. The Labute approximate surface area is 93.5 Å². The monoisotopic (exact) mass is 218 g/mol. The van der Waals surface area contributed by atoms with Crippen molar-refractivity contribution in [3.63, 3.8) is 0 Å². The van der Waals surface area contributed by atoms with Gasteiger partial charge < -0.3 is 5.11 Å². The minimum atomic E-state index is -0.770. The van der Waals surface area contributed by atoms with Crippen LogP contribution in [0, 0.1) is 12.8 Å². The molecule has 2 heterocycles. The molecule has 16 heavy (non-hydrogen) atoms. The molecule has 0 aliphatic rings. The molecule has 4 nitrogen and oxygen atoms in total. The fourth-order valence-corrected chi connectivity index (χ4v) is 1.86. The van der Waals surface area contributed by atoms with E-state index in [1.165, 1.54) is 0 Å². The Morgan fingerprint density at radius 2 is 2.38 bits per heavy atom. The number of carboxylic acid groups (broad SMARTS) is 1. The van der Waals surface area contributed by atoms with E-state index in [0.29, 0.717) is 6.42 Å². The van der Waals surface area contributed by atoms with Crippen LogP contribution in [0.3, 0.4) is 0 Å². The molecule has 0 aliphatic carbocycles. The molecule has 2 rings (SSSR count). The minimum Gasteiger partial charge on any atom is -0.481 e. The highest BCUT2D eigenvalue weighted by Crippen LogP contribution is 2.18. The highest BCUT2D eigenvalue weighted by molar-refractivity contribution is 5.71. The number of carbonyl (C=O) groups is 1. The van der Waals surface area contributed by atoms with Gasteiger partial charge >= 0.3 is 5.97 Å². The van der Waals surface area contributed by atoms with Crippen molar-refractivity contribution < 1.29 is 9.90 Å². The smallest absolute Gasteiger partial charge is 0.306 e. The van der Waals surface area contributed by atoms with Crippen LogP contribution in [-0.4, -0.2) is 20.7 Å². The normalized spacial score (nSPS) is 12.9. The molecule has 0 saturated carbocycles. The Hall–Kier alpha value is -1.84. The van der Waals surface area contributed by atoms with E-state index in [9.17, 15) is 4.79 Å². The van der Waals surface area contributed by atoms with Crippen molar-refractivity contribution in [1.29, 1.82) is 0 Å². The van der Waals surface area contributed by atoms with Crippen LogP contribution < -0.4 is 0 Å². The molecule has 0 fully saturated rings. The first-order chi connectivity index (χ1) is 7.59. The third kappa shape index (κ3) is 1.78. The fourth-order valence-electron chi connectivity index (χ4n) is 1.86. The largest absolute Gasteiger partial charge is 0.481 e. The van der Waals surface area contributed by atoms with Crippen LogP contribution in [0.4, 0.5) is 0 Å². The number of rotatable bonds is 3. The zero-order chi connectivity index (χ0) is 11.7. The van der Waals surface area contributed by atoms with Crippen molar-refractivity contribution in [2.45, 2.75) is 20.3 Å². The molecule has 0 spiro atoms. The van der Waals surface area contributed by atoms with Gasteiger partial charge in [0.05, 0.1) is 17.6 Å². The summed E-state index contributed by atoms with van der Waals surface area (Å²) in [5.41, 5.74) is 3.14. The topological polar surface area (TPSA) is 54.6 Å². The van der Waals surface area contributed by atoms with E-state index in [4.69, 9.17) is 5.11 Å². The lowest BCUT2D eigenvalue weighted by Gasteiger charge is -2.05. The lowest BCUT2D eigenvalue weighted by molar-refractivity contribution is -0.141. The van der Waals surface area contributed by atoms with Gasteiger partial charge in [-0.25, -0.2) is 4.52 Å². The van der Waals surface area contributed by atoms with Gasteiger partial charge in [0.2, 0.25) is 0 Å². The summed E-state index contributed by atoms with van der Waals surface area (Å²) < 4.78 is 1.79. The van der Waals surface area contributed by atoms with Crippen molar-refractivity contribution in [1.82, 2.24) is 9.61 Å².